The Morgan fingerprint density at radius 3 is 2.62 bits per heavy atom. The smallest absolute Gasteiger partial charge is 0.0644 e. The summed E-state index contributed by atoms with van der Waals surface area (Å²) >= 11 is 0. The van der Waals surface area contributed by atoms with Gasteiger partial charge in [0.1, 0.15) is 0 Å². The monoisotopic (exact) mass is 291 g/mol. The van der Waals surface area contributed by atoms with Gasteiger partial charge in [0.25, 0.3) is 0 Å². The van der Waals surface area contributed by atoms with E-state index in [4.69, 9.17) is 5.11 Å². The average Bonchev–Trinajstić information content (AvgIpc) is 2.97. The van der Waals surface area contributed by atoms with E-state index in [2.05, 4.69) is 23.8 Å². The molecule has 0 aromatic carbocycles. The largest absolute Gasteiger partial charge is 0.394 e. The van der Waals surface area contributed by atoms with Crippen LogP contribution in [0.15, 0.2) is 0 Å². The first-order chi connectivity index (χ1) is 10.1. The van der Waals surface area contributed by atoms with Crippen molar-refractivity contribution in [3.05, 3.63) is 17.0 Å². The summed E-state index contributed by atoms with van der Waals surface area (Å²) in [6.45, 7) is 8.55. The quantitative estimate of drug-likeness (QED) is 0.927. The molecule has 1 saturated heterocycles. The minimum Gasteiger partial charge on any atom is -0.394 e. The summed E-state index contributed by atoms with van der Waals surface area (Å²) in [5.74, 6) is 0. The van der Waals surface area contributed by atoms with E-state index in [0.717, 1.165) is 12.2 Å². The number of likely N-dealkylation sites (tertiary alicyclic amines) is 1. The molecule has 0 bridgehead atoms. The van der Waals surface area contributed by atoms with Crippen LogP contribution in [0.1, 0.15) is 55.5 Å². The minimum atomic E-state index is 0.161. The van der Waals surface area contributed by atoms with Crippen LogP contribution in [0.3, 0.4) is 0 Å². The van der Waals surface area contributed by atoms with Gasteiger partial charge in [-0.2, -0.15) is 5.10 Å². The molecule has 4 nitrogen and oxygen atoms in total. The van der Waals surface area contributed by atoms with Gasteiger partial charge in [0, 0.05) is 24.3 Å². The van der Waals surface area contributed by atoms with Crippen LogP contribution in [0, 0.1) is 19.3 Å². The van der Waals surface area contributed by atoms with E-state index in [1.54, 1.807) is 0 Å². The molecule has 0 unspecified atom stereocenters. The Kier molecular flexibility index (Phi) is 4.36. The third kappa shape index (κ3) is 3.02. The van der Waals surface area contributed by atoms with Crippen LogP contribution in [0.2, 0.25) is 0 Å². The maximum atomic E-state index is 9.12. The highest BCUT2D eigenvalue weighted by Gasteiger charge is 2.38. The molecule has 0 radical (unpaired) electrons. The van der Waals surface area contributed by atoms with Crippen molar-refractivity contribution in [2.45, 2.75) is 65.5 Å². The van der Waals surface area contributed by atoms with Gasteiger partial charge in [-0.3, -0.25) is 9.58 Å². The molecule has 2 heterocycles. The molecule has 1 N–H and O–H groups in total. The molecule has 1 saturated carbocycles. The van der Waals surface area contributed by atoms with Gasteiger partial charge in [0.2, 0.25) is 0 Å². The lowest BCUT2D eigenvalue weighted by Crippen LogP contribution is -2.29. The summed E-state index contributed by atoms with van der Waals surface area (Å²) in [5, 5.41) is 13.7. The number of aromatic nitrogens is 2. The molecule has 21 heavy (non-hydrogen) atoms. The van der Waals surface area contributed by atoms with Crippen molar-refractivity contribution in [2.24, 2.45) is 5.41 Å². The third-order valence-electron chi connectivity index (χ3n) is 5.66. The molecule has 1 aromatic heterocycles. The summed E-state index contributed by atoms with van der Waals surface area (Å²) in [4.78, 5) is 2.63. The molecular weight excluding hydrogens is 262 g/mol. The number of rotatable bonds is 4. The van der Waals surface area contributed by atoms with E-state index in [-0.39, 0.29) is 6.61 Å². The lowest BCUT2D eigenvalue weighted by molar-refractivity contribution is 0.183. The maximum absolute atomic E-state index is 9.12. The first-order valence-electron chi connectivity index (χ1n) is 8.50. The van der Waals surface area contributed by atoms with Crippen LogP contribution in [0.5, 0.6) is 0 Å². The molecule has 2 fully saturated rings. The van der Waals surface area contributed by atoms with Crippen LogP contribution < -0.4 is 0 Å². The van der Waals surface area contributed by atoms with Crippen molar-refractivity contribution in [3.63, 3.8) is 0 Å². The van der Waals surface area contributed by atoms with Gasteiger partial charge in [-0.1, -0.05) is 19.3 Å². The van der Waals surface area contributed by atoms with Gasteiger partial charge in [-0.25, -0.2) is 0 Å². The maximum Gasteiger partial charge on any atom is 0.0644 e. The summed E-state index contributed by atoms with van der Waals surface area (Å²) in [6.07, 6.45) is 8.56. The molecule has 118 valence electrons. The lowest BCUT2D eigenvalue weighted by atomic mass is 9.73. The second-order valence-corrected chi connectivity index (χ2v) is 7.12. The summed E-state index contributed by atoms with van der Waals surface area (Å²) in [5.41, 5.74) is 4.36. The van der Waals surface area contributed by atoms with Gasteiger partial charge < -0.3 is 5.11 Å². The van der Waals surface area contributed by atoms with Crippen LogP contribution in [-0.4, -0.2) is 39.5 Å². The number of hydrogen-bond donors (Lipinski definition) is 1. The Hall–Kier alpha value is -0.870. The SMILES string of the molecule is Cc1nn(CCO)c(C)c1CN1CCC2(CCCCC2)C1. The van der Waals surface area contributed by atoms with Gasteiger partial charge in [0.05, 0.1) is 18.8 Å². The standard InChI is InChI=1S/C17H29N3O/c1-14-16(15(2)20(18-14)10-11-21)12-19-9-8-17(13-19)6-4-3-5-7-17/h21H,3-13H2,1-2H3. The molecule has 1 aliphatic carbocycles. The van der Waals surface area contributed by atoms with Crippen LogP contribution in [0.4, 0.5) is 0 Å². The lowest BCUT2D eigenvalue weighted by Gasteiger charge is -2.33. The fraction of sp³-hybridized carbons (Fsp3) is 0.824. The number of nitrogens with zero attached hydrogens (tertiary/aromatic N) is 3. The Balaban J connectivity index is 1.67. The van der Waals surface area contributed by atoms with Crippen LogP contribution >= 0.6 is 0 Å². The Morgan fingerprint density at radius 2 is 1.90 bits per heavy atom. The van der Waals surface area contributed by atoms with Gasteiger partial charge in [0.15, 0.2) is 0 Å². The average molecular weight is 291 g/mol. The summed E-state index contributed by atoms with van der Waals surface area (Å²) in [6, 6.07) is 0. The van der Waals surface area contributed by atoms with E-state index in [1.807, 2.05) is 4.68 Å². The predicted octanol–water partition coefficient (Wildman–Crippen LogP) is 2.65. The molecule has 2 aliphatic rings. The fourth-order valence-corrected chi connectivity index (χ4v) is 4.37. The zero-order valence-corrected chi connectivity index (χ0v) is 13.6. The number of aliphatic hydroxyl groups is 1. The number of aliphatic hydroxyl groups excluding tert-OH is 1. The topological polar surface area (TPSA) is 41.3 Å². The van der Waals surface area contributed by atoms with E-state index < -0.39 is 0 Å². The van der Waals surface area contributed by atoms with Crippen LogP contribution in [0.25, 0.3) is 0 Å². The van der Waals surface area contributed by atoms with Crippen molar-refractivity contribution in [2.75, 3.05) is 19.7 Å². The van der Waals surface area contributed by atoms with E-state index >= 15 is 0 Å². The predicted molar refractivity (Wildman–Crippen MR) is 84.2 cm³/mol. The molecule has 1 spiro atoms. The van der Waals surface area contributed by atoms with Crippen molar-refractivity contribution < 1.29 is 5.11 Å². The van der Waals surface area contributed by atoms with Gasteiger partial charge in [-0.15, -0.1) is 0 Å². The fourth-order valence-electron chi connectivity index (χ4n) is 4.37. The van der Waals surface area contributed by atoms with Gasteiger partial charge >= 0.3 is 0 Å². The van der Waals surface area contributed by atoms with Crippen molar-refractivity contribution in [1.29, 1.82) is 0 Å². The summed E-state index contributed by atoms with van der Waals surface area (Å²) in [7, 11) is 0. The normalized spacial score (nSPS) is 22.2. The highest BCUT2D eigenvalue weighted by atomic mass is 16.3. The van der Waals surface area contributed by atoms with E-state index in [9.17, 15) is 0 Å². The zero-order valence-electron chi connectivity index (χ0n) is 13.6. The van der Waals surface area contributed by atoms with Crippen LogP contribution in [-0.2, 0) is 13.1 Å². The minimum absolute atomic E-state index is 0.161. The number of hydrogen-bond acceptors (Lipinski definition) is 3. The highest BCUT2D eigenvalue weighted by Crippen LogP contribution is 2.44. The summed E-state index contributed by atoms with van der Waals surface area (Å²) < 4.78 is 1.96. The molecule has 0 atom stereocenters. The molecule has 3 rings (SSSR count). The highest BCUT2D eigenvalue weighted by molar-refractivity contribution is 5.24. The number of aryl methyl sites for hydroxylation is 1. The Bertz CT molecular complexity index is 488. The second-order valence-electron chi connectivity index (χ2n) is 7.12. The molecular formula is C17H29N3O. The third-order valence-corrected chi connectivity index (χ3v) is 5.66. The molecule has 0 amide bonds. The first-order valence-corrected chi connectivity index (χ1v) is 8.50. The first kappa shape index (κ1) is 15.0. The Labute approximate surface area is 128 Å². The molecule has 4 heteroatoms. The zero-order chi connectivity index (χ0) is 14.9. The Morgan fingerprint density at radius 1 is 1.14 bits per heavy atom. The second kappa shape index (κ2) is 6.09. The molecule has 1 aliphatic heterocycles. The van der Waals surface area contributed by atoms with Gasteiger partial charge in [-0.05, 0) is 45.1 Å². The van der Waals surface area contributed by atoms with Crippen molar-refractivity contribution in [3.8, 4) is 0 Å². The van der Waals surface area contributed by atoms with E-state index in [1.165, 1.54) is 62.9 Å². The molecule has 1 aromatic rings. The van der Waals surface area contributed by atoms with E-state index in [0.29, 0.717) is 12.0 Å². The van der Waals surface area contributed by atoms with Crippen molar-refractivity contribution in [1.82, 2.24) is 14.7 Å². The van der Waals surface area contributed by atoms with Crippen molar-refractivity contribution >= 4 is 0 Å².